The Balaban J connectivity index is 2.95. The molecular weight excluding hydrogens is 134 g/mol. The lowest BCUT2D eigenvalue weighted by atomic mass is 10.5. The minimum absolute atomic E-state index is 0.926. The van der Waals surface area contributed by atoms with Crippen LogP contribution in [0, 0.1) is 0 Å². The molecule has 4 heteroatoms. The third kappa shape index (κ3) is 0.675. The van der Waals surface area contributed by atoms with Crippen molar-refractivity contribution in [3.8, 4) is 0 Å². The average Bonchev–Trinajstić information content (AvgIpc) is 2.33. The number of fused-ring (bicyclic) bond motifs is 1. The van der Waals surface area contributed by atoms with Gasteiger partial charge in [-0.2, -0.15) is 4.37 Å². The summed E-state index contributed by atoms with van der Waals surface area (Å²) in [5.41, 5.74) is 0.926. The van der Waals surface area contributed by atoms with E-state index in [0.29, 0.717) is 0 Å². The van der Waals surface area contributed by atoms with E-state index in [4.69, 9.17) is 0 Å². The molecule has 44 valence electrons. The highest BCUT2D eigenvalue weighted by molar-refractivity contribution is 7.13. The van der Waals surface area contributed by atoms with Crippen molar-refractivity contribution in [3.63, 3.8) is 0 Å². The van der Waals surface area contributed by atoms with E-state index in [-0.39, 0.29) is 0 Å². The Morgan fingerprint density at radius 3 is 3.22 bits per heavy atom. The van der Waals surface area contributed by atoms with Gasteiger partial charge in [0.05, 0.1) is 10.9 Å². The van der Waals surface area contributed by atoms with Gasteiger partial charge in [-0.1, -0.05) is 0 Å². The second-order valence-corrected chi connectivity index (χ2v) is 2.43. The molecule has 2 heterocycles. The SMILES string of the molecule is c1ncc2sncc2n1. The fourth-order valence-electron chi connectivity index (χ4n) is 0.627. The monoisotopic (exact) mass is 137 g/mol. The van der Waals surface area contributed by atoms with E-state index in [2.05, 4.69) is 14.3 Å². The quantitative estimate of drug-likeness (QED) is 0.545. The third-order valence-corrected chi connectivity index (χ3v) is 1.76. The molecule has 0 atom stereocenters. The number of rotatable bonds is 0. The van der Waals surface area contributed by atoms with Crippen LogP contribution in [-0.2, 0) is 0 Å². The Bertz CT molecular complexity index is 286. The molecule has 0 radical (unpaired) electrons. The number of aromatic nitrogens is 3. The molecule has 3 nitrogen and oxygen atoms in total. The van der Waals surface area contributed by atoms with E-state index in [1.807, 2.05) is 0 Å². The van der Waals surface area contributed by atoms with Crippen molar-refractivity contribution in [1.82, 2.24) is 14.3 Å². The highest BCUT2D eigenvalue weighted by atomic mass is 32.1. The predicted molar refractivity (Wildman–Crippen MR) is 35.2 cm³/mol. The maximum Gasteiger partial charge on any atom is 0.116 e. The van der Waals surface area contributed by atoms with Crippen LogP contribution in [-0.4, -0.2) is 14.3 Å². The van der Waals surface area contributed by atoms with Crippen LogP contribution in [0.1, 0.15) is 0 Å². The predicted octanol–water partition coefficient (Wildman–Crippen LogP) is 1.09. The number of nitrogens with zero attached hydrogens (tertiary/aromatic N) is 3. The van der Waals surface area contributed by atoms with Gasteiger partial charge in [0.25, 0.3) is 0 Å². The highest BCUT2D eigenvalue weighted by Gasteiger charge is 1.92. The number of hydrogen-bond acceptors (Lipinski definition) is 4. The van der Waals surface area contributed by atoms with Gasteiger partial charge < -0.3 is 0 Å². The molecule has 0 aliphatic carbocycles. The van der Waals surface area contributed by atoms with Gasteiger partial charge in [0.2, 0.25) is 0 Å². The van der Waals surface area contributed by atoms with Crippen LogP contribution in [0.4, 0.5) is 0 Å². The summed E-state index contributed by atoms with van der Waals surface area (Å²) in [5, 5.41) is 0. The Hall–Kier alpha value is -1.03. The zero-order valence-corrected chi connectivity index (χ0v) is 5.30. The lowest BCUT2D eigenvalue weighted by molar-refractivity contribution is 1.23. The molecule has 2 aromatic rings. The fraction of sp³-hybridized carbons (Fsp3) is 0. The minimum atomic E-state index is 0.926. The summed E-state index contributed by atoms with van der Waals surface area (Å²) in [6.45, 7) is 0. The van der Waals surface area contributed by atoms with Gasteiger partial charge >= 0.3 is 0 Å². The van der Waals surface area contributed by atoms with Crippen molar-refractivity contribution >= 4 is 21.7 Å². The van der Waals surface area contributed by atoms with Crippen LogP contribution in [0.25, 0.3) is 10.2 Å². The molecule has 0 unspecified atom stereocenters. The third-order valence-electron chi connectivity index (χ3n) is 1.03. The van der Waals surface area contributed by atoms with Gasteiger partial charge in [-0.15, -0.1) is 0 Å². The maximum atomic E-state index is 3.98. The molecule has 0 aromatic carbocycles. The molecule has 2 aromatic heterocycles. The van der Waals surface area contributed by atoms with E-state index >= 15 is 0 Å². The van der Waals surface area contributed by atoms with Crippen LogP contribution in [0.3, 0.4) is 0 Å². The molecule has 0 spiro atoms. The first-order valence-electron chi connectivity index (χ1n) is 2.47. The van der Waals surface area contributed by atoms with E-state index in [1.54, 1.807) is 12.4 Å². The molecule has 2 rings (SSSR count). The standard InChI is InChI=1S/C5H3N3S/c1-4-5(9-8-1)2-6-3-7-4/h1-3H. The second-order valence-electron chi connectivity index (χ2n) is 1.60. The molecule has 0 saturated heterocycles. The summed E-state index contributed by atoms with van der Waals surface area (Å²) in [4.78, 5) is 7.82. The van der Waals surface area contributed by atoms with Crippen molar-refractivity contribution in [2.45, 2.75) is 0 Å². The summed E-state index contributed by atoms with van der Waals surface area (Å²) in [6, 6.07) is 0. The molecule has 0 N–H and O–H groups in total. The first kappa shape index (κ1) is 4.81. The van der Waals surface area contributed by atoms with E-state index in [1.165, 1.54) is 17.9 Å². The summed E-state index contributed by atoms with van der Waals surface area (Å²) in [6.07, 6.45) is 5.03. The zero-order chi connectivity index (χ0) is 6.10. The summed E-state index contributed by atoms with van der Waals surface area (Å²) < 4.78 is 4.98. The van der Waals surface area contributed by atoms with Gasteiger partial charge in [0.1, 0.15) is 11.8 Å². The van der Waals surface area contributed by atoms with Crippen molar-refractivity contribution < 1.29 is 0 Å². The summed E-state index contributed by atoms with van der Waals surface area (Å²) in [5.74, 6) is 0. The van der Waals surface area contributed by atoms with E-state index in [0.717, 1.165) is 10.2 Å². The van der Waals surface area contributed by atoms with Crippen LogP contribution in [0.2, 0.25) is 0 Å². The average molecular weight is 137 g/mol. The fourth-order valence-corrected chi connectivity index (χ4v) is 1.20. The highest BCUT2D eigenvalue weighted by Crippen LogP contribution is 2.11. The summed E-state index contributed by atoms with van der Waals surface area (Å²) in [7, 11) is 0. The van der Waals surface area contributed by atoms with Gasteiger partial charge in [0, 0.05) is 6.20 Å². The van der Waals surface area contributed by atoms with Gasteiger partial charge in [0.15, 0.2) is 0 Å². The molecule has 0 aliphatic heterocycles. The molecule has 0 amide bonds. The first-order chi connectivity index (χ1) is 4.47. The Kier molecular flexibility index (Phi) is 0.927. The molecule has 0 fully saturated rings. The topological polar surface area (TPSA) is 38.7 Å². The van der Waals surface area contributed by atoms with Crippen LogP contribution in [0.15, 0.2) is 18.7 Å². The van der Waals surface area contributed by atoms with Gasteiger partial charge in [-0.3, -0.25) is 0 Å². The Morgan fingerprint density at radius 2 is 2.33 bits per heavy atom. The van der Waals surface area contributed by atoms with Crippen molar-refractivity contribution in [3.05, 3.63) is 18.7 Å². The molecule has 9 heavy (non-hydrogen) atoms. The maximum absolute atomic E-state index is 3.98. The Morgan fingerprint density at radius 1 is 1.33 bits per heavy atom. The molecular formula is C5H3N3S. The lowest BCUT2D eigenvalue weighted by Gasteiger charge is -1.79. The van der Waals surface area contributed by atoms with Crippen molar-refractivity contribution in [2.75, 3.05) is 0 Å². The first-order valence-corrected chi connectivity index (χ1v) is 3.24. The molecule has 0 aliphatic rings. The van der Waals surface area contributed by atoms with Crippen LogP contribution < -0.4 is 0 Å². The zero-order valence-electron chi connectivity index (χ0n) is 4.48. The van der Waals surface area contributed by atoms with Gasteiger partial charge in [-0.25, -0.2) is 9.97 Å². The Labute approximate surface area is 55.6 Å². The van der Waals surface area contributed by atoms with Crippen LogP contribution in [0.5, 0.6) is 0 Å². The normalized spacial score (nSPS) is 10.2. The van der Waals surface area contributed by atoms with Crippen LogP contribution >= 0.6 is 11.5 Å². The largest absolute Gasteiger partial charge is 0.243 e. The smallest absolute Gasteiger partial charge is 0.116 e. The molecule has 0 saturated carbocycles. The summed E-state index contributed by atoms with van der Waals surface area (Å²) >= 11 is 1.41. The number of hydrogen-bond donors (Lipinski definition) is 0. The van der Waals surface area contributed by atoms with Gasteiger partial charge in [-0.05, 0) is 11.5 Å². The second kappa shape index (κ2) is 1.73. The van der Waals surface area contributed by atoms with Crippen molar-refractivity contribution in [1.29, 1.82) is 0 Å². The minimum Gasteiger partial charge on any atom is -0.243 e. The van der Waals surface area contributed by atoms with Crippen molar-refractivity contribution in [2.24, 2.45) is 0 Å². The molecule has 0 bridgehead atoms. The van der Waals surface area contributed by atoms with E-state index in [9.17, 15) is 0 Å². The van der Waals surface area contributed by atoms with E-state index < -0.39 is 0 Å². The lowest BCUT2D eigenvalue weighted by Crippen LogP contribution is -1.72.